The Kier molecular flexibility index (Phi) is 35.2. The highest BCUT2D eigenvalue weighted by Crippen LogP contribution is 2.38. The van der Waals surface area contributed by atoms with Crippen LogP contribution < -0.4 is 35.2 Å². The van der Waals surface area contributed by atoms with E-state index in [1.807, 2.05) is 55.5 Å². The number of amides is 6. The van der Waals surface area contributed by atoms with E-state index in [0.717, 1.165) is 139 Å². The van der Waals surface area contributed by atoms with Crippen LogP contribution in [0.3, 0.4) is 0 Å². The molecule has 8 heterocycles. The Morgan fingerprint density at radius 3 is 1.12 bits per heavy atom. The number of benzene rings is 11. The second kappa shape index (κ2) is 48.0. The molecule has 0 spiro atoms. The van der Waals surface area contributed by atoms with Crippen LogP contribution in [-0.2, 0) is 38.5 Å². The van der Waals surface area contributed by atoms with Gasteiger partial charge in [-0.25, -0.2) is 4.52 Å². The molecule has 6 amide bonds. The van der Waals surface area contributed by atoms with Crippen molar-refractivity contribution in [2.24, 2.45) is 5.73 Å². The van der Waals surface area contributed by atoms with E-state index in [4.69, 9.17) is 22.4 Å². The van der Waals surface area contributed by atoms with Crippen molar-refractivity contribution >= 4 is 107 Å². The molecule has 4 N–H and O–H groups in total. The molecule has 13 aromatic rings. The SMILES string of the molecule is CCc1nn2ccc(Cl)cc2c1C(=O)CCCc1ccc(N2CCC(c3ccc(OC(F)(F)F)cc3)CC2)cc1.Cc1ccc(C2CCN(c3ccc(CCN4C(=O)c5ccccc5C4=O)cc3)CC2)cc1.NCCc1ccc(N2CCC(c3ccc(OC(F)(F)F)cc3)CC2)cc1.O=C1NC(=O)c2ccccc21.O=C1c2ccccc2C(=O)N1CCc1ccc(Br)cc1.OCCc1ccc(Br)cc1. The molecule has 0 atom stereocenters. The molecule has 3 saturated heterocycles. The van der Waals surface area contributed by atoms with Crippen LogP contribution in [0.25, 0.3) is 5.52 Å². The molecular formula is C111H108Br2ClF6N9O10. The van der Waals surface area contributed by atoms with E-state index in [1.54, 1.807) is 120 Å². The van der Waals surface area contributed by atoms with Gasteiger partial charge in [0.15, 0.2) is 5.78 Å². The molecule has 0 unspecified atom stereocenters. The Balaban J connectivity index is 0.000000140. The molecule has 720 valence electrons. The highest BCUT2D eigenvalue weighted by molar-refractivity contribution is 9.10. The molecule has 3 fully saturated rings. The number of aryl methyl sites for hydroxylation is 3. The number of ketones is 1. The molecule has 2 aromatic heterocycles. The zero-order valence-corrected chi connectivity index (χ0v) is 81.0. The lowest BCUT2D eigenvalue weighted by molar-refractivity contribution is -0.275. The van der Waals surface area contributed by atoms with E-state index in [-0.39, 0.29) is 59.3 Å². The van der Waals surface area contributed by atoms with Crippen LogP contribution in [0.5, 0.6) is 11.5 Å². The van der Waals surface area contributed by atoms with Crippen LogP contribution in [0, 0.1) is 6.92 Å². The summed E-state index contributed by atoms with van der Waals surface area (Å²) in [5.41, 5.74) is 25.1. The summed E-state index contributed by atoms with van der Waals surface area (Å²) in [5.74, 6) is -0.297. The fourth-order valence-electron chi connectivity index (χ4n) is 18.0. The van der Waals surface area contributed by atoms with Gasteiger partial charge in [0, 0.05) is 103 Å². The molecule has 0 radical (unpaired) electrons. The largest absolute Gasteiger partial charge is 0.573 e. The average Bonchev–Trinajstić information content (AvgIpc) is 1.65. The van der Waals surface area contributed by atoms with Crippen molar-refractivity contribution in [1.29, 1.82) is 0 Å². The van der Waals surface area contributed by atoms with Gasteiger partial charge in [-0.2, -0.15) is 5.10 Å². The maximum atomic E-state index is 13.1. The number of nitrogens with two attached hydrogens (primary N) is 1. The predicted molar refractivity (Wildman–Crippen MR) is 537 cm³/mol. The molecule has 6 aliphatic rings. The number of fused-ring (bicyclic) bond motifs is 4. The number of hydrogen-bond acceptors (Lipinski definition) is 15. The summed E-state index contributed by atoms with van der Waals surface area (Å²) >= 11 is 12.9. The monoisotopic (exact) mass is 2030 g/mol. The third-order valence-corrected chi connectivity index (χ3v) is 26.9. The second-order valence-corrected chi connectivity index (χ2v) is 37.0. The third kappa shape index (κ3) is 27.7. The highest BCUT2D eigenvalue weighted by atomic mass is 79.9. The summed E-state index contributed by atoms with van der Waals surface area (Å²) in [6.45, 7) is 11.6. The van der Waals surface area contributed by atoms with E-state index in [1.165, 1.54) is 86.1 Å². The van der Waals surface area contributed by atoms with Gasteiger partial charge in [0.25, 0.3) is 35.4 Å². The van der Waals surface area contributed by atoms with Crippen LogP contribution in [0.1, 0.15) is 204 Å². The van der Waals surface area contributed by atoms with Gasteiger partial charge in [-0.05, 0) is 293 Å². The predicted octanol–water partition coefficient (Wildman–Crippen LogP) is 23.6. The number of aliphatic hydroxyl groups is 1. The Hall–Kier alpha value is -13.1. The molecule has 0 aliphatic carbocycles. The number of anilines is 3. The van der Waals surface area contributed by atoms with Crippen molar-refractivity contribution in [3.05, 3.63) is 394 Å². The highest BCUT2D eigenvalue weighted by Gasteiger charge is 2.38. The van der Waals surface area contributed by atoms with Gasteiger partial charge in [0.05, 0.1) is 50.2 Å². The molecule has 28 heteroatoms. The van der Waals surface area contributed by atoms with Crippen molar-refractivity contribution in [3.8, 4) is 11.5 Å². The van der Waals surface area contributed by atoms with Gasteiger partial charge in [-0.3, -0.25) is 48.7 Å². The van der Waals surface area contributed by atoms with Crippen LogP contribution in [0.2, 0.25) is 5.02 Å². The number of nitrogens with zero attached hydrogens (tertiary/aromatic N) is 7. The first-order valence-corrected chi connectivity index (χ1v) is 48.6. The molecule has 139 heavy (non-hydrogen) atoms. The second-order valence-electron chi connectivity index (χ2n) is 34.8. The summed E-state index contributed by atoms with van der Waals surface area (Å²) < 4.78 is 85.7. The molecule has 0 saturated carbocycles. The first-order valence-electron chi connectivity index (χ1n) is 46.7. The van der Waals surface area contributed by atoms with E-state index in [2.05, 4.69) is 170 Å². The van der Waals surface area contributed by atoms with Gasteiger partial charge < -0.3 is 35.0 Å². The molecule has 0 bridgehead atoms. The maximum Gasteiger partial charge on any atom is 0.573 e. The van der Waals surface area contributed by atoms with Gasteiger partial charge in [-0.1, -0.05) is 202 Å². The number of rotatable bonds is 24. The number of pyridine rings is 1. The Morgan fingerprint density at radius 2 is 0.777 bits per heavy atom. The lowest BCUT2D eigenvalue weighted by atomic mass is 9.89. The summed E-state index contributed by atoms with van der Waals surface area (Å²) in [6, 6.07) is 87.2. The number of halogens is 9. The van der Waals surface area contributed by atoms with Gasteiger partial charge in [0.2, 0.25) is 0 Å². The maximum absolute atomic E-state index is 13.1. The number of imide groups is 3. The number of Topliss-reactive ketones (excluding diaryl/α,β-unsaturated/α-hetero) is 1. The lowest BCUT2D eigenvalue weighted by Gasteiger charge is -2.34. The van der Waals surface area contributed by atoms with Gasteiger partial charge in [-0.15, -0.1) is 26.3 Å². The minimum Gasteiger partial charge on any atom is -0.406 e. The molecule has 6 aliphatic heterocycles. The number of hydrogen-bond donors (Lipinski definition) is 3. The zero-order chi connectivity index (χ0) is 98.3. The van der Waals surface area contributed by atoms with Crippen LogP contribution in [0.4, 0.5) is 43.4 Å². The van der Waals surface area contributed by atoms with Crippen molar-refractivity contribution < 1.29 is 74.5 Å². The Morgan fingerprint density at radius 1 is 0.446 bits per heavy atom. The van der Waals surface area contributed by atoms with E-state index < -0.39 is 12.7 Å². The number of carbonyl (C=O) groups is 7. The molecule has 11 aromatic carbocycles. The fourth-order valence-corrected chi connectivity index (χ4v) is 18.7. The van der Waals surface area contributed by atoms with Gasteiger partial charge >= 0.3 is 12.7 Å². The van der Waals surface area contributed by atoms with Crippen molar-refractivity contribution in [2.45, 2.75) is 134 Å². The zero-order valence-electron chi connectivity index (χ0n) is 77.1. The topological polar surface area (TPSA) is 230 Å². The average molecular weight is 2040 g/mol. The molecular weight excluding hydrogens is 1930 g/mol. The van der Waals surface area contributed by atoms with Crippen molar-refractivity contribution in [2.75, 3.05) is 80.2 Å². The number of piperidine rings is 3. The van der Waals surface area contributed by atoms with Crippen LogP contribution >= 0.6 is 43.5 Å². The summed E-state index contributed by atoms with van der Waals surface area (Å²) in [5, 5.41) is 15.9. The number of carbonyl (C=O) groups excluding carboxylic acids is 7. The minimum atomic E-state index is -4.68. The number of alkyl halides is 6. The fraction of sp³-hybridized carbons (Fsp3) is 0.279. The number of ether oxygens (including phenoxy) is 2. The normalized spacial score (nSPS) is 14.8. The first-order chi connectivity index (χ1) is 67.0. The number of aliphatic hydroxyl groups excluding tert-OH is 1. The van der Waals surface area contributed by atoms with E-state index >= 15 is 0 Å². The summed E-state index contributed by atoms with van der Waals surface area (Å²) in [7, 11) is 0. The first kappa shape index (κ1) is 102. The Labute approximate surface area is 826 Å². The lowest BCUT2D eigenvalue weighted by Crippen LogP contribution is -2.33. The summed E-state index contributed by atoms with van der Waals surface area (Å²) in [4.78, 5) is 94.3. The van der Waals surface area contributed by atoms with Gasteiger partial charge in [0.1, 0.15) is 11.5 Å². The van der Waals surface area contributed by atoms with Crippen LogP contribution in [0.15, 0.2) is 294 Å². The minimum absolute atomic E-state index is 0.0936. The van der Waals surface area contributed by atoms with Crippen molar-refractivity contribution in [1.82, 2.24) is 24.7 Å². The number of nitrogens with one attached hydrogen (secondary N) is 1. The van der Waals surface area contributed by atoms with E-state index in [0.29, 0.717) is 107 Å². The van der Waals surface area contributed by atoms with Crippen molar-refractivity contribution in [3.63, 3.8) is 0 Å². The molecule has 19 rings (SSSR count). The quantitative estimate of drug-likeness (QED) is 0.0290. The molecule has 19 nitrogen and oxygen atoms in total. The third-order valence-electron chi connectivity index (χ3n) is 25.6. The Bertz CT molecular complexity index is 6270. The van der Waals surface area contributed by atoms with Crippen LogP contribution in [-0.4, -0.2) is 144 Å². The van der Waals surface area contributed by atoms with E-state index in [9.17, 15) is 59.9 Å². The standard InChI is InChI=1S/C31H31ClF3N3O2.C28H28N2O2.C20H23F3N2O.C16H12BrNO2.C8H9BrO.C8H5NO2/c1-2-27-30(28-20-24(32)16-19-38(28)36-27)29(39)5-3-4-21-6-10-25(11-7-21)37-17-14-23(15-18-37)22-8-12-26(13-9-22)40-31(33,34)35;1-20-6-10-22(11-7-20)23-15-17-29(18-16-23)24-12-8-21(9-13-24)14-19-30-27(31)25-4-2-3-5-26(25)28(30)32;21-20(22,23)26-19-7-3-16(4-8-19)17-10-13-25(14-11-17)18-5-1-15(2-6-18)9-12-24;17-12-7-5-11(6-8-12)9-10-18-15(19)13-3-1-2-4-14(13)16(18)20;9-8-3-1-7(2-4-8)5-6-10;10-7-5-3-1-2-4-6(5)8(11)9-7/h6-13,16,19-20,23H,2-5,14-15,17-18H2,1H3;2-13,23H,14-19H2,1H3;1-8,17H,9-14,24H2;1-8H,9-10H2;1-4,10H,5-6H2;1-4H,(H,9,10,11). The summed E-state index contributed by atoms with van der Waals surface area (Å²) in [6.07, 6.45) is 4.26. The number of aromatic nitrogens is 2. The smallest absolute Gasteiger partial charge is 0.406 e.